The molecule has 0 aliphatic heterocycles. The Morgan fingerprint density at radius 1 is 1.47 bits per heavy atom. The van der Waals surface area contributed by atoms with Crippen LogP contribution in [0.4, 0.5) is 10.2 Å². The Kier molecular flexibility index (Phi) is 3.04. The standard InChI is InChI=1S/C11H11ClFN3O/c1-16-11(14)8(5-15-16)10(17)7-3-2-6(12)4-9(7)13/h2-5,10,17H,14H2,1H3. The Balaban J connectivity index is 2.43. The fourth-order valence-corrected chi connectivity index (χ4v) is 1.72. The van der Waals surface area contributed by atoms with Crippen molar-refractivity contribution in [3.63, 3.8) is 0 Å². The summed E-state index contributed by atoms with van der Waals surface area (Å²) in [6.45, 7) is 0. The highest BCUT2D eigenvalue weighted by atomic mass is 35.5. The summed E-state index contributed by atoms with van der Waals surface area (Å²) >= 11 is 5.64. The highest BCUT2D eigenvalue weighted by Gasteiger charge is 2.19. The maximum absolute atomic E-state index is 13.6. The Hall–Kier alpha value is -1.59. The van der Waals surface area contributed by atoms with Gasteiger partial charge in [-0.15, -0.1) is 0 Å². The van der Waals surface area contributed by atoms with E-state index in [4.69, 9.17) is 17.3 Å². The number of nitrogens with zero attached hydrogens (tertiary/aromatic N) is 2. The SMILES string of the molecule is Cn1ncc(C(O)c2ccc(Cl)cc2F)c1N. The number of aliphatic hydroxyl groups is 1. The van der Waals surface area contributed by atoms with E-state index in [0.29, 0.717) is 11.4 Å². The smallest absolute Gasteiger partial charge is 0.130 e. The number of hydrogen-bond donors (Lipinski definition) is 2. The van der Waals surface area contributed by atoms with Crippen molar-refractivity contribution >= 4 is 17.4 Å². The second-order valence-corrected chi connectivity index (χ2v) is 4.11. The Bertz CT molecular complexity index is 556. The lowest BCUT2D eigenvalue weighted by atomic mass is 10.0. The average Bonchev–Trinajstić information content (AvgIpc) is 2.59. The van der Waals surface area contributed by atoms with Crippen molar-refractivity contribution in [2.75, 3.05) is 5.73 Å². The zero-order valence-electron chi connectivity index (χ0n) is 9.06. The molecule has 0 fully saturated rings. The van der Waals surface area contributed by atoms with Crippen LogP contribution >= 0.6 is 11.6 Å². The van der Waals surface area contributed by atoms with Gasteiger partial charge in [0.2, 0.25) is 0 Å². The Labute approximate surface area is 102 Å². The van der Waals surface area contributed by atoms with Gasteiger partial charge in [-0.25, -0.2) is 4.39 Å². The third-order valence-corrected chi connectivity index (χ3v) is 2.80. The van der Waals surface area contributed by atoms with E-state index in [-0.39, 0.29) is 10.6 Å². The molecule has 0 bridgehead atoms. The minimum atomic E-state index is -1.15. The van der Waals surface area contributed by atoms with Gasteiger partial charge in [0, 0.05) is 23.2 Å². The second kappa shape index (κ2) is 4.35. The number of aliphatic hydroxyl groups excluding tert-OH is 1. The minimum absolute atomic E-state index is 0.120. The quantitative estimate of drug-likeness (QED) is 0.861. The van der Waals surface area contributed by atoms with Crippen LogP contribution in [-0.2, 0) is 7.05 Å². The third-order valence-electron chi connectivity index (χ3n) is 2.57. The predicted octanol–water partition coefficient (Wildman–Crippen LogP) is 1.88. The van der Waals surface area contributed by atoms with Crippen molar-refractivity contribution in [2.24, 2.45) is 7.05 Å². The minimum Gasteiger partial charge on any atom is -0.384 e. The molecule has 6 heteroatoms. The lowest BCUT2D eigenvalue weighted by Crippen LogP contribution is -2.06. The average molecular weight is 256 g/mol. The molecule has 1 unspecified atom stereocenters. The normalized spacial score (nSPS) is 12.7. The number of nitrogen functional groups attached to an aromatic ring is 1. The van der Waals surface area contributed by atoms with E-state index in [9.17, 15) is 9.50 Å². The number of rotatable bonds is 2. The molecule has 2 rings (SSSR count). The molecule has 4 nitrogen and oxygen atoms in total. The zero-order valence-corrected chi connectivity index (χ0v) is 9.82. The van der Waals surface area contributed by atoms with Crippen LogP contribution in [0.2, 0.25) is 5.02 Å². The fourth-order valence-electron chi connectivity index (χ4n) is 1.57. The van der Waals surface area contributed by atoms with Crippen LogP contribution in [0.3, 0.4) is 0 Å². The van der Waals surface area contributed by atoms with Crippen molar-refractivity contribution in [3.05, 3.63) is 46.4 Å². The molecule has 0 amide bonds. The van der Waals surface area contributed by atoms with E-state index in [1.54, 1.807) is 7.05 Å². The zero-order chi connectivity index (χ0) is 12.6. The van der Waals surface area contributed by atoms with Gasteiger partial charge in [0.05, 0.1) is 6.20 Å². The van der Waals surface area contributed by atoms with Crippen LogP contribution < -0.4 is 5.73 Å². The molecular weight excluding hydrogens is 245 g/mol. The number of benzene rings is 1. The van der Waals surface area contributed by atoms with Crippen molar-refractivity contribution in [1.82, 2.24) is 9.78 Å². The molecule has 1 aromatic heterocycles. The van der Waals surface area contributed by atoms with Crippen LogP contribution in [0.25, 0.3) is 0 Å². The summed E-state index contributed by atoms with van der Waals surface area (Å²) in [6, 6.07) is 4.08. The number of aryl methyl sites for hydroxylation is 1. The maximum atomic E-state index is 13.6. The molecule has 0 aliphatic rings. The molecule has 1 aromatic carbocycles. The first-order chi connectivity index (χ1) is 8.00. The number of anilines is 1. The van der Waals surface area contributed by atoms with Gasteiger partial charge in [-0.2, -0.15) is 5.10 Å². The molecule has 0 aliphatic carbocycles. The first kappa shape index (κ1) is 11.9. The van der Waals surface area contributed by atoms with Crippen LogP contribution in [0.5, 0.6) is 0 Å². The molecule has 3 N–H and O–H groups in total. The predicted molar refractivity (Wildman–Crippen MR) is 63.1 cm³/mol. The summed E-state index contributed by atoms with van der Waals surface area (Å²) in [5.74, 6) is -0.278. The molecule has 17 heavy (non-hydrogen) atoms. The van der Waals surface area contributed by atoms with Gasteiger partial charge < -0.3 is 10.8 Å². The van der Waals surface area contributed by atoms with Crippen LogP contribution in [0, 0.1) is 5.82 Å². The first-order valence-electron chi connectivity index (χ1n) is 4.91. The summed E-state index contributed by atoms with van der Waals surface area (Å²) in [7, 11) is 1.64. The second-order valence-electron chi connectivity index (χ2n) is 3.68. The highest BCUT2D eigenvalue weighted by Crippen LogP contribution is 2.29. The van der Waals surface area contributed by atoms with Crippen LogP contribution in [-0.4, -0.2) is 14.9 Å². The van der Waals surface area contributed by atoms with Gasteiger partial charge in [-0.3, -0.25) is 4.68 Å². The summed E-state index contributed by atoms with van der Waals surface area (Å²) < 4.78 is 15.0. The van der Waals surface area contributed by atoms with E-state index in [1.165, 1.54) is 23.0 Å². The number of halogens is 2. The summed E-state index contributed by atoms with van der Waals surface area (Å²) in [5.41, 5.74) is 6.20. The van der Waals surface area contributed by atoms with Crippen molar-refractivity contribution in [3.8, 4) is 0 Å². The third kappa shape index (κ3) is 2.11. The van der Waals surface area contributed by atoms with Crippen LogP contribution in [0.1, 0.15) is 17.2 Å². The van der Waals surface area contributed by atoms with E-state index in [2.05, 4.69) is 5.10 Å². The lowest BCUT2D eigenvalue weighted by Gasteiger charge is -2.11. The first-order valence-corrected chi connectivity index (χ1v) is 5.29. The Morgan fingerprint density at radius 3 is 2.71 bits per heavy atom. The van der Waals surface area contributed by atoms with Crippen LogP contribution in [0.15, 0.2) is 24.4 Å². The molecule has 0 spiro atoms. The van der Waals surface area contributed by atoms with Crippen molar-refractivity contribution < 1.29 is 9.50 Å². The number of hydrogen-bond acceptors (Lipinski definition) is 3. The molecule has 1 heterocycles. The topological polar surface area (TPSA) is 64.1 Å². The monoisotopic (exact) mass is 255 g/mol. The number of nitrogens with two attached hydrogens (primary N) is 1. The molecule has 0 saturated heterocycles. The van der Waals surface area contributed by atoms with Gasteiger partial charge in [0.15, 0.2) is 0 Å². The molecule has 1 atom stereocenters. The van der Waals surface area contributed by atoms with Gasteiger partial charge in [0.25, 0.3) is 0 Å². The van der Waals surface area contributed by atoms with Gasteiger partial charge in [-0.1, -0.05) is 17.7 Å². The summed E-state index contributed by atoms with van der Waals surface area (Å²) in [6.07, 6.45) is 0.259. The summed E-state index contributed by atoms with van der Waals surface area (Å²) in [5, 5.41) is 14.2. The van der Waals surface area contributed by atoms with E-state index < -0.39 is 11.9 Å². The Morgan fingerprint density at radius 2 is 2.18 bits per heavy atom. The largest absolute Gasteiger partial charge is 0.384 e. The summed E-state index contributed by atoms with van der Waals surface area (Å²) in [4.78, 5) is 0. The lowest BCUT2D eigenvalue weighted by molar-refractivity contribution is 0.215. The van der Waals surface area contributed by atoms with E-state index >= 15 is 0 Å². The molecule has 0 saturated carbocycles. The highest BCUT2D eigenvalue weighted by molar-refractivity contribution is 6.30. The molecule has 0 radical (unpaired) electrons. The fraction of sp³-hybridized carbons (Fsp3) is 0.182. The number of aromatic nitrogens is 2. The molecule has 90 valence electrons. The molecule has 2 aromatic rings. The van der Waals surface area contributed by atoms with Gasteiger partial charge >= 0.3 is 0 Å². The molecular formula is C11H11ClFN3O. The maximum Gasteiger partial charge on any atom is 0.130 e. The van der Waals surface area contributed by atoms with Gasteiger partial charge in [0.1, 0.15) is 17.7 Å². The van der Waals surface area contributed by atoms with E-state index in [0.717, 1.165) is 6.07 Å². The van der Waals surface area contributed by atoms with Crippen molar-refractivity contribution in [1.29, 1.82) is 0 Å². The van der Waals surface area contributed by atoms with E-state index in [1.807, 2.05) is 0 Å². The van der Waals surface area contributed by atoms with Crippen molar-refractivity contribution in [2.45, 2.75) is 6.10 Å². The van der Waals surface area contributed by atoms with Gasteiger partial charge in [-0.05, 0) is 12.1 Å².